The molecule has 0 unspecified atom stereocenters. The molecule has 0 radical (unpaired) electrons. The van der Waals surface area contributed by atoms with Crippen LogP contribution in [-0.4, -0.2) is 34.0 Å². The standard InChI is InChI=1S/C22H19ClN2O6S/c1-30-22(27)15-7-9-16(10-8-15)24-21(26)14-31-20-12-11-18(13-19(20)23)32(28,29)25-17-5-3-2-4-6-17/h2-13,25H,14H2,1H3,(H,24,26). The Kier molecular flexibility index (Phi) is 7.34. The molecule has 32 heavy (non-hydrogen) atoms. The maximum absolute atomic E-state index is 12.5. The summed E-state index contributed by atoms with van der Waals surface area (Å²) in [5.41, 5.74) is 1.23. The van der Waals surface area contributed by atoms with Gasteiger partial charge in [-0.3, -0.25) is 9.52 Å². The molecule has 0 aliphatic rings. The highest BCUT2D eigenvalue weighted by atomic mass is 35.5. The average Bonchev–Trinajstić information content (AvgIpc) is 2.78. The lowest BCUT2D eigenvalue weighted by molar-refractivity contribution is -0.118. The van der Waals surface area contributed by atoms with Gasteiger partial charge in [0, 0.05) is 11.4 Å². The van der Waals surface area contributed by atoms with Crippen LogP contribution in [0, 0.1) is 0 Å². The molecule has 0 aliphatic carbocycles. The molecule has 0 fully saturated rings. The lowest BCUT2D eigenvalue weighted by Gasteiger charge is -2.12. The zero-order valence-electron chi connectivity index (χ0n) is 16.9. The first-order valence-electron chi connectivity index (χ1n) is 9.27. The van der Waals surface area contributed by atoms with E-state index in [9.17, 15) is 18.0 Å². The van der Waals surface area contributed by atoms with Crippen molar-refractivity contribution in [2.75, 3.05) is 23.8 Å². The molecule has 10 heteroatoms. The lowest BCUT2D eigenvalue weighted by atomic mass is 10.2. The maximum Gasteiger partial charge on any atom is 0.337 e. The van der Waals surface area contributed by atoms with Crippen molar-refractivity contribution in [3.63, 3.8) is 0 Å². The highest BCUT2D eigenvalue weighted by Crippen LogP contribution is 2.28. The second kappa shape index (κ2) is 10.2. The Morgan fingerprint density at radius 3 is 2.25 bits per heavy atom. The quantitative estimate of drug-likeness (QED) is 0.478. The third-order valence-corrected chi connectivity index (χ3v) is 5.86. The van der Waals surface area contributed by atoms with Gasteiger partial charge in [-0.1, -0.05) is 29.8 Å². The van der Waals surface area contributed by atoms with Crippen LogP contribution in [0.3, 0.4) is 0 Å². The fourth-order valence-electron chi connectivity index (χ4n) is 2.63. The summed E-state index contributed by atoms with van der Waals surface area (Å²) in [5.74, 6) is -0.791. The Morgan fingerprint density at radius 1 is 0.938 bits per heavy atom. The normalized spacial score (nSPS) is 10.8. The Bertz CT molecular complexity index is 1210. The van der Waals surface area contributed by atoms with Crippen molar-refractivity contribution < 1.29 is 27.5 Å². The van der Waals surface area contributed by atoms with Crippen LogP contribution >= 0.6 is 11.6 Å². The third kappa shape index (κ3) is 5.99. The van der Waals surface area contributed by atoms with Gasteiger partial charge in [0.05, 0.1) is 22.6 Å². The number of nitrogens with one attached hydrogen (secondary N) is 2. The van der Waals surface area contributed by atoms with Gasteiger partial charge in [-0.25, -0.2) is 13.2 Å². The van der Waals surface area contributed by atoms with Gasteiger partial charge >= 0.3 is 5.97 Å². The Labute approximate surface area is 190 Å². The minimum atomic E-state index is -3.84. The van der Waals surface area contributed by atoms with E-state index in [4.69, 9.17) is 16.3 Å². The molecule has 0 saturated carbocycles. The number of benzene rings is 3. The molecule has 3 rings (SSSR count). The first kappa shape index (κ1) is 23.1. The first-order valence-corrected chi connectivity index (χ1v) is 11.1. The van der Waals surface area contributed by atoms with Crippen molar-refractivity contribution in [3.05, 3.63) is 83.4 Å². The topological polar surface area (TPSA) is 111 Å². The van der Waals surface area contributed by atoms with E-state index in [2.05, 4.69) is 14.8 Å². The summed E-state index contributed by atoms with van der Waals surface area (Å²) in [6.45, 7) is -0.354. The monoisotopic (exact) mass is 474 g/mol. The van der Waals surface area contributed by atoms with Crippen LogP contribution in [0.5, 0.6) is 5.75 Å². The molecule has 3 aromatic carbocycles. The van der Waals surface area contributed by atoms with Crippen LogP contribution < -0.4 is 14.8 Å². The first-order chi connectivity index (χ1) is 15.3. The van der Waals surface area contributed by atoms with Crippen molar-refractivity contribution in [1.29, 1.82) is 0 Å². The lowest BCUT2D eigenvalue weighted by Crippen LogP contribution is -2.20. The van der Waals surface area contributed by atoms with Crippen LogP contribution in [0.15, 0.2) is 77.7 Å². The second-order valence-electron chi connectivity index (χ2n) is 6.47. The SMILES string of the molecule is COC(=O)c1ccc(NC(=O)COc2ccc(S(=O)(=O)Nc3ccccc3)cc2Cl)cc1. The number of carbonyl (C=O) groups excluding carboxylic acids is 2. The van der Waals surface area contributed by atoms with Crippen LogP contribution in [-0.2, 0) is 19.6 Å². The number of amides is 1. The molecule has 0 spiro atoms. The van der Waals surface area contributed by atoms with Crippen LogP contribution in [0.4, 0.5) is 11.4 Å². The smallest absolute Gasteiger partial charge is 0.337 e. The molecule has 0 aromatic heterocycles. The summed E-state index contributed by atoms with van der Waals surface area (Å²) in [6.07, 6.45) is 0. The van der Waals surface area contributed by atoms with Crippen LogP contribution in [0.1, 0.15) is 10.4 Å². The number of hydrogen-bond donors (Lipinski definition) is 2. The van der Waals surface area contributed by atoms with Gasteiger partial charge in [0.1, 0.15) is 5.75 Å². The van der Waals surface area contributed by atoms with E-state index in [1.807, 2.05) is 0 Å². The number of rotatable bonds is 8. The van der Waals surface area contributed by atoms with Crippen molar-refractivity contribution >= 4 is 44.9 Å². The van der Waals surface area contributed by atoms with Gasteiger partial charge in [0.25, 0.3) is 15.9 Å². The number of hydrogen-bond acceptors (Lipinski definition) is 6. The van der Waals surface area contributed by atoms with E-state index in [0.29, 0.717) is 16.9 Å². The predicted molar refractivity (Wildman–Crippen MR) is 121 cm³/mol. The number of ether oxygens (including phenoxy) is 2. The molecule has 2 N–H and O–H groups in total. The van der Waals surface area contributed by atoms with Crippen molar-refractivity contribution in [2.45, 2.75) is 4.90 Å². The second-order valence-corrected chi connectivity index (χ2v) is 8.56. The van der Waals surface area contributed by atoms with E-state index in [0.717, 1.165) is 0 Å². The van der Waals surface area contributed by atoms with Gasteiger partial charge < -0.3 is 14.8 Å². The summed E-state index contributed by atoms with van der Waals surface area (Å²) in [4.78, 5) is 23.5. The van der Waals surface area contributed by atoms with E-state index < -0.39 is 21.9 Å². The van der Waals surface area contributed by atoms with Gasteiger partial charge in [0.2, 0.25) is 0 Å². The van der Waals surface area contributed by atoms with Crippen molar-refractivity contribution in [2.24, 2.45) is 0 Å². The summed E-state index contributed by atoms with van der Waals surface area (Å²) >= 11 is 6.15. The number of esters is 1. The fourth-order valence-corrected chi connectivity index (χ4v) is 4.02. The highest BCUT2D eigenvalue weighted by molar-refractivity contribution is 7.92. The predicted octanol–water partition coefficient (Wildman–Crippen LogP) is 3.94. The van der Waals surface area contributed by atoms with E-state index in [1.165, 1.54) is 37.4 Å². The largest absolute Gasteiger partial charge is 0.482 e. The Morgan fingerprint density at radius 2 is 1.62 bits per heavy atom. The molecular formula is C22H19ClN2O6S. The molecular weight excluding hydrogens is 456 g/mol. The zero-order chi connectivity index (χ0) is 23.1. The van der Waals surface area contributed by atoms with E-state index in [1.54, 1.807) is 42.5 Å². The molecule has 0 heterocycles. The zero-order valence-corrected chi connectivity index (χ0v) is 18.4. The van der Waals surface area contributed by atoms with Crippen LogP contribution in [0.25, 0.3) is 0 Å². The third-order valence-electron chi connectivity index (χ3n) is 4.19. The van der Waals surface area contributed by atoms with Gasteiger partial charge in [-0.15, -0.1) is 0 Å². The van der Waals surface area contributed by atoms with Gasteiger partial charge in [0.15, 0.2) is 6.61 Å². The number of methoxy groups -OCH3 is 1. The van der Waals surface area contributed by atoms with Gasteiger partial charge in [-0.2, -0.15) is 0 Å². The van der Waals surface area contributed by atoms with E-state index in [-0.39, 0.29) is 22.3 Å². The molecule has 166 valence electrons. The highest BCUT2D eigenvalue weighted by Gasteiger charge is 2.17. The summed E-state index contributed by atoms with van der Waals surface area (Å²) in [7, 11) is -2.56. The number of para-hydroxylation sites is 1. The molecule has 0 bridgehead atoms. The molecule has 3 aromatic rings. The number of carbonyl (C=O) groups is 2. The Hall–Kier alpha value is -3.56. The van der Waals surface area contributed by atoms with Gasteiger partial charge in [-0.05, 0) is 54.6 Å². The molecule has 0 atom stereocenters. The Balaban J connectivity index is 1.59. The molecule has 1 amide bonds. The van der Waals surface area contributed by atoms with Crippen LogP contribution in [0.2, 0.25) is 5.02 Å². The van der Waals surface area contributed by atoms with E-state index >= 15 is 0 Å². The number of sulfonamides is 1. The molecule has 0 aliphatic heterocycles. The number of anilines is 2. The molecule has 0 saturated heterocycles. The van der Waals surface area contributed by atoms with Crippen molar-refractivity contribution in [1.82, 2.24) is 0 Å². The molecule has 8 nitrogen and oxygen atoms in total. The summed E-state index contributed by atoms with van der Waals surface area (Å²) < 4.78 is 37.5. The van der Waals surface area contributed by atoms with Crippen molar-refractivity contribution in [3.8, 4) is 5.75 Å². The fraction of sp³-hybridized carbons (Fsp3) is 0.0909. The minimum absolute atomic E-state index is 0.0381. The maximum atomic E-state index is 12.5. The number of halogens is 1. The average molecular weight is 475 g/mol. The minimum Gasteiger partial charge on any atom is -0.482 e. The summed E-state index contributed by atoms with van der Waals surface area (Å²) in [6, 6.07) is 18.5. The summed E-state index contributed by atoms with van der Waals surface area (Å²) in [5, 5.41) is 2.65.